The number of hydrogen-bond acceptors (Lipinski definition) is 11. The number of Topliss-reactive ketones (excluding diaryl/α,β-unsaturated/α-hetero) is 2. The van der Waals surface area contributed by atoms with Crippen LogP contribution in [0.15, 0.2) is 84.0 Å². The zero-order valence-corrected chi connectivity index (χ0v) is 29.9. The van der Waals surface area contributed by atoms with Crippen molar-refractivity contribution in [3.63, 3.8) is 0 Å². The van der Waals surface area contributed by atoms with E-state index < -0.39 is 63.3 Å². The van der Waals surface area contributed by atoms with Gasteiger partial charge in [0.15, 0.2) is 17.0 Å². The molecule has 0 fully saturated rings. The van der Waals surface area contributed by atoms with Crippen molar-refractivity contribution in [1.82, 2.24) is 0 Å². The second-order valence-electron chi connectivity index (χ2n) is 14.5. The summed E-state index contributed by atoms with van der Waals surface area (Å²) < 4.78 is 6.56. The van der Waals surface area contributed by atoms with Gasteiger partial charge >= 0.3 is 0 Å². The molecule has 1 aliphatic carbocycles. The summed E-state index contributed by atoms with van der Waals surface area (Å²) in [5, 5.41) is 88.1. The number of carbonyl (C=O) groups excluding carboxylic acids is 2. The zero-order valence-electron chi connectivity index (χ0n) is 29.9. The van der Waals surface area contributed by atoms with E-state index in [1.165, 1.54) is 43.3 Å². The Bertz CT molecular complexity index is 2230. The maximum atomic E-state index is 14.6. The molecule has 276 valence electrons. The number of aliphatic hydroxyl groups is 1. The molecule has 5 atom stereocenters. The fraction of sp³-hybridized carbons (Fsp3) is 0.286. The van der Waals surface area contributed by atoms with Gasteiger partial charge in [-0.1, -0.05) is 35.4 Å². The molecule has 1 aliphatic heterocycles. The van der Waals surface area contributed by atoms with Crippen molar-refractivity contribution in [2.75, 3.05) is 0 Å². The number of aromatic hydroxyl groups is 7. The number of phenolic OH excluding ortho intramolecular Hbond substituents is 7. The molecule has 53 heavy (non-hydrogen) atoms. The molecule has 0 amide bonds. The summed E-state index contributed by atoms with van der Waals surface area (Å²) in [7, 11) is 0. The normalized spacial score (nSPS) is 23.8. The Balaban J connectivity index is 1.58. The zero-order chi connectivity index (χ0) is 38.7. The maximum absolute atomic E-state index is 14.6. The van der Waals surface area contributed by atoms with E-state index in [1.54, 1.807) is 32.1 Å². The van der Waals surface area contributed by atoms with Crippen LogP contribution in [-0.4, -0.2) is 58.0 Å². The Labute approximate surface area is 306 Å². The Morgan fingerprint density at radius 3 is 2.09 bits per heavy atom. The lowest BCUT2D eigenvalue weighted by Gasteiger charge is -2.48. The molecule has 2 aliphatic rings. The number of benzene rings is 4. The van der Waals surface area contributed by atoms with Crippen LogP contribution in [0.1, 0.15) is 95.3 Å². The largest absolute Gasteiger partial charge is 0.508 e. The van der Waals surface area contributed by atoms with Gasteiger partial charge in [-0.15, -0.1) is 0 Å². The van der Waals surface area contributed by atoms with Crippen LogP contribution in [0.3, 0.4) is 0 Å². The number of fused-ring (bicyclic) bond motifs is 1. The molecule has 0 saturated heterocycles. The van der Waals surface area contributed by atoms with Gasteiger partial charge in [0, 0.05) is 53.5 Å². The molecule has 0 aromatic heterocycles. The molecule has 11 heteroatoms. The minimum Gasteiger partial charge on any atom is -0.508 e. The van der Waals surface area contributed by atoms with Gasteiger partial charge in [0.05, 0.1) is 5.56 Å². The van der Waals surface area contributed by atoms with Crippen molar-refractivity contribution >= 4 is 11.6 Å². The molecule has 11 nitrogen and oxygen atoms in total. The minimum absolute atomic E-state index is 0.00252. The van der Waals surface area contributed by atoms with Crippen molar-refractivity contribution < 1.29 is 55.2 Å². The van der Waals surface area contributed by atoms with Crippen molar-refractivity contribution in [1.29, 1.82) is 0 Å². The Kier molecular flexibility index (Phi) is 9.20. The lowest BCUT2D eigenvalue weighted by atomic mass is 9.64. The van der Waals surface area contributed by atoms with Crippen LogP contribution >= 0.6 is 0 Å². The summed E-state index contributed by atoms with van der Waals surface area (Å²) in [5.41, 5.74) is -2.20. The highest BCUT2D eigenvalue weighted by molar-refractivity contribution is 6.09. The first kappa shape index (κ1) is 36.8. The molecule has 4 aromatic carbocycles. The first-order valence-corrected chi connectivity index (χ1v) is 17.1. The minimum atomic E-state index is -2.33. The third kappa shape index (κ3) is 6.10. The SMILES string of the molecule is CC(C)=CCC1(c2ccc(O)cc2C)Oc2cc(O)c(C3C=C(C)CC(c4ccc(O)cc4O)C3C(=O)c3ccc(O)cc3O)c(O)c2C(=O)C1(C)O. The molecule has 0 spiro atoms. The highest BCUT2D eigenvalue weighted by Gasteiger charge is 2.60. The van der Waals surface area contributed by atoms with E-state index in [4.69, 9.17) is 4.74 Å². The van der Waals surface area contributed by atoms with Crippen LogP contribution in [0.5, 0.6) is 46.0 Å². The Hall–Kier alpha value is -5.94. The van der Waals surface area contributed by atoms with Gasteiger partial charge in [-0.05, 0) is 82.5 Å². The number of ketones is 2. The maximum Gasteiger partial charge on any atom is 0.206 e. The van der Waals surface area contributed by atoms with Crippen molar-refractivity contribution in [2.45, 2.75) is 70.5 Å². The van der Waals surface area contributed by atoms with E-state index in [1.807, 2.05) is 13.8 Å². The molecular weight excluding hydrogens is 680 g/mol. The standard InChI is InChI=1S/C42H42O11/c1-20(2)12-13-42(30-11-8-23(43)16-22(30)4)41(5,52)40(51)37-34(53-42)19-33(48)36(39(37)50)29-15-21(3)14-28(26-9-6-24(44)17-31(26)46)35(29)38(49)27-10-7-25(45)18-32(27)47/h6-12,15-19,28-29,35,43-48,50,52H,13-14H2,1-5H3. The number of hydrogen-bond donors (Lipinski definition) is 8. The van der Waals surface area contributed by atoms with Gasteiger partial charge in [0.25, 0.3) is 0 Å². The van der Waals surface area contributed by atoms with Crippen molar-refractivity contribution in [3.8, 4) is 46.0 Å². The molecule has 8 N–H and O–H groups in total. The van der Waals surface area contributed by atoms with E-state index in [2.05, 4.69) is 0 Å². The summed E-state index contributed by atoms with van der Waals surface area (Å²) in [6.45, 7) is 8.42. The predicted molar refractivity (Wildman–Crippen MR) is 195 cm³/mol. The van der Waals surface area contributed by atoms with Gasteiger partial charge in [-0.3, -0.25) is 9.59 Å². The highest BCUT2D eigenvalue weighted by atomic mass is 16.5. The lowest BCUT2D eigenvalue weighted by molar-refractivity contribution is -0.111. The van der Waals surface area contributed by atoms with Gasteiger partial charge in [-0.2, -0.15) is 0 Å². The number of phenols is 7. The van der Waals surface area contributed by atoms with Gasteiger partial charge in [-0.25, -0.2) is 0 Å². The predicted octanol–water partition coefficient (Wildman–Crippen LogP) is 7.23. The van der Waals surface area contributed by atoms with Crippen LogP contribution < -0.4 is 4.74 Å². The topological polar surface area (TPSA) is 205 Å². The molecule has 0 radical (unpaired) electrons. The molecular formula is C42H42O11. The third-order valence-corrected chi connectivity index (χ3v) is 10.6. The number of aryl methyl sites for hydroxylation is 1. The van der Waals surface area contributed by atoms with Crippen LogP contribution in [0, 0.1) is 12.8 Å². The molecule has 1 heterocycles. The van der Waals surface area contributed by atoms with Crippen LogP contribution in [0.2, 0.25) is 0 Å². The fourth-order valence-electron chi connectivity index (χ4n) is 7.97. The monoisotopic (exact) mass is 722 g/mol. The fourth-order valence-corrected chi connectivity index (χ4v) is 7.97. The van der Waals surface area contributed by atoms with Crippen LogP contribution in [0.4, 0.5) is 0 Å². The number of rotatable bonds is 7. The highest BCUT2D eigenvalue weighted by Crippen LogP contribution is 2.58. The number of carbonyl (C=O) groups is 2. The van der Waals surface area contributed by atoms with Crippen molar-refractivity contribution in [2.24, 2.45) is 5.92 Å². The second kappa shape index (κ2) is 13.2. The summed E-state index contributed by atoms with van der Waals surface area (Å²) in [4.78, 5) is 29.2. The van der Waals surface area contributed by atoms with Crippen LogP contribution in [0.25, 0.3) is 0 Å². The number of ether oxygens (including phenoxy) is 1. The van der Waals surface area contributed by atoms with E-state index in [0.717, 1.165) is 23.8 Å². The van der Waals surface area contributed by atoms with Gasteiger partial charge < -0.3 is 45.6 Å². The van der Waals surface area contributed by atoms with Gasteiger partial charge in [0.1, 0.15) is 51.6 Å². The average Bonchev–Trinajstić information content (AvgIpc) is 3.05. The first-order valence-electron chi connectivity index (χ1n) is 17.1. The summed E-state index contributed by atoms with van der Waals surface area (Å²) in [5.74, 6) is -7.72. The first-order chi connectivity index (χ1) is 24.9. The summed E-state index contributed by atoms with van der Waals surface area (Å²) in [6, 6.07) is 13.0. The summed E-state index contributed by atoms with van der Waals surface area (Å²) >= 11 is 0. The average molecular weight is 723 g/mol. The summed E-state index contributed by atoms with van der Waals surface area (Å²) in [6.07, 6.45) is 3.65. The van der Waals surface area contributed by atoms with Crippen molar-refractivity contribution in [3.05, 3.63) is 117 Å². The quantitative estimate of drug-likeness (QED) is 0.0706. The molecule has 5 unspecified atom stereocenters. The molecule has 0 bridgehead atoms. The van der Waals surface area contributed by atoms with Crippen LogP contribution in [-0.2, 0) is 5.60 Å². The third-order valence-electron chi connectivity index (χ3n) is 10.6. The van der Waals surface area contributed by atoms with E-state index in [9.17, 15) is 50.4 Å². The molecule has 4 aromatic rings. The molecule has 6 rings (SSSR count). The molecule has 0 saturated carbocycles. The number of allylic oxidation sites excluding steroid dienone is 3. The Morgan fingerprint density at radius 1 is 0.849 bits per heavy atom. The van der Waals surface area contributed by atoms with E-state index in [-0.39, 0.29) is 58.3 Å². The van der Waals surface area contributed by atoms with Gasteiger partial charge in [0.2, 0.25) is 5.78 Å². The van der Waals surface area contributed by atoms with E-state index in [0.29, 0.717) is 16.7 Å². The second-order valence-corrected chi connectivity index (χ2v) is 14.5. The van der Waals surface area contributed by atoms with E-state index >= 15 is 0 Å². The smallest absolute Gasteiger partial charge is 0.206 e. The lowest BCUT2D eigenvalue weighted by Crippen LogP contribution is -2.61. The Morgan fingerprint density at radius 2 is 1.47 bits per heavy atom.